The molecule has 1 spiro atoms. The van der Waals surface area contributed by atoms with E-state index in [9.17, 15) is 27.9 Å². The summed E-state index contributed by atoms with van der Waals surface area (Å²) in [6.45, 7) is 6.44. The molecule has 2 aromatic rings. The molecule has 1 saturated heterocycles. The number of benzene rings is 2. The Morgan fingerprint density at radius 1 is 1.17 bits per heavy atom. The van der Waals surface area contributed by atoms with Crippen LogP contribution in [-0.4, -0.2) is 98.5 Å². The van der Waals surface area contributed by atoms with E-state index < -0.39 is 46.2 Å². The zero-order valence-corrected chi connectivity index (χ0v) is 27.2. The van der Waals surface area contributed by atoms with E-state index in [4.69, 9.17) is 9.57 Å². The lowest BCUT2D eigenvalue weighted by atomic mass is 9.94. The van der Waals surface area contributed by atoms with Gasteiger partial charge < -0.3 is 30.6 Å². The first kappa shape index (κ1) is 33.7. The molecule has 3 atom stereocenters. The molecule has 2 aromatic carbocycles. The number of rotatable bonds is 11. The van der Waals surface area contributed by atoms with Crippen LogP contribution in [0.3, 0.4) is 0 Å². The molecule has 0 radical (unpaired) electrons. The van der Waals surface area contributed by atoms with Gasteiger partial charge in [-0.05, 0) is 37.5 Å². The van der Waals surface area contributed by atoms with Gasteiger partial charge in [0.25, 0.3) is 5.91 Å². The minimum Gasteiger partial charge on any atom is -0.480 e. The fourth-order valence-electron chi connectivity index (χ4n) is 6.12. The number of guanidine groups is 1. The maximum atomic E-state index is 13.2. The van der Waals surface area contributed by atoms with E-state index in [1.807, 2.05) is 37.3 Å². The summed E-state index contributed by atoms with van der Waals surface area (Å²) in [7, 11) is -4.23. The van der Waals surface area contributed by atoms with Gasteiger partial charge in [0.05, 0.1) is 24.0 Å². The number of aliphatic imine (C=N–C) groups is 1. The van der Waals surface area contributed by atoms with Gasteiger partial charge in [-0.3, -0.25) is 19.5 Å². The lowest BCUT2D eigenvalue weighted by molar-refractivity contribution is -0.138. The van der Waals surface area contributed by atoms with Crippen LogP contribution in [0, 0.1) is 20.8 Å². The Bertz CT molecular complexity index is 1680. The lowest BCUT2D eigenvalue weighted by Crippen LogP contribution is -2.49. The number of carboxylic acid groups (broad SMARTS) is 1. The van der Waals surface area contributed by atoms with Crippen LogP contribution in [0.1, 0.15) is 35.1 Å². The van der Waals surface area contributed by atoms with Gasteiger partial charge in [-0.25, -0.2) is 13.2 Å². The molecule has 3 heterocycles. The van der Waals surface area contributed by atoms with Crippen molar-refractivity contribution < 1.29 is 37.5 Å². The first-order valence-electron chi connectivity index (χ1n) is 15.2. The van der Waals surface area contributed by atoms with Crippen LogP contribution >= 0.6 is 0 Å². The molecule has 0 aliphatic carbocycles. The average Bonchev–Trinajstić information content (AvgIpc) is 3.77. The molecule has 252 valence electrons. The predicted molar refractivity (Wildman–Crippen MR) is 171 cm³/mol. The predicted octanol–water partition coefficient (Wildman–Crippen LogP) is 0.935. The molecule has 2 amide bonds. The number of likely N-dealkylation sites (tertiary alicyclic amines) is 1. The topological polar surface area (TPSA) is 200 Å². The fraction of sp³-hybridized carbons (Fsp3) is 0.452. The zero-order chi connectivity index (χ0) is 33.8. The molecule has 1 fully saturated rings. The Morgan fingerprint density at radius 3 is 2.55 bits per heavy atom. The highest BCUT2D eigenvalue weighted by molar-refractivity contribution is 7.89. The van der Waals surface area contributed by atoms with Crippen LogP contribution in [0.15, 0.2) is 57.5 Å². The molecule has 5 rings (SSSR count). The summed E-state index contributed by atoms with van der Waals surface area (Å²) >= 11 is 0. The van der Waals surface area contributed by atoms with Crippen LogP contribution in [0.25, 0.3) is 0 Å². The Morgan fingerprint density at radius 2 is 1.89 bits per heavy atom. The number of hydrogen-bond acceptors (Lipinski definition) is 11. The van der Waals surface area contributed by atoms with Gasteiger partial charge in [-0.2, -0.15) is 4.72 Å². The third-order valence-electron chi connectivity index (χ3n) is 8.16. The number of nitrogens with one attached hydrogen (secondary N) is 4. The smallest absolute Gasteiger partial charge is 0.410 e. The highest BCUT2D eigenvalue weighted by atomic mass is 32.2. The maximum absolute atomic E-state index is 13.2. The highest BCUT2D eigenvalue weighted by Gasteiger charge is 2.53. The van der Waals surface area contributed by atoms with Gasteiger partial charge in [-0.15, -0.1) is 0 Å². The molecular formula is C31H39N7O8S. The Kier molecular flexibility index (Phi) is 10.0. The second-order valence-corrected chi connectivity index (χ2v) is 13.7. The third-order valence-corrected chi connectivity index (χ3v) is 9.94. The Balaban J connectivity index is 1.21. The van der Waals surface area contributed by atoms with Crippen molar-refractivity contribution in [3.05, 3.63) is 64.7 Å². The van der Waals surface area contributed by atoms with Gasteiger partial charge in [0, 0.05) is 32.5 Å². The summed E-state index contributed by atoms with van der Waals surface area (Å²) in [4.78, 5) is 50.0. The number of nitrogens with zero attached hydrogens (tertiary/aromatic N) is 3. The number of sulfonamides is 1. The van der Waals surface area contributed by atoms with Crippen molar-refractivity contribution in [3.8, 4) is 0 Å². The van der Waals surface area contributed by atoms with E-state index in [-0.39, 0.29) is 36.2 Å². The normalized spacial score (nSPS) is 21.0. The minimum atomic E-state index is -4.23. The standard InChI is InChI=1S/C31H39N7O8S/c1-19-11-20(2)26(21(3)12-19)47(43,44)37-25(28(40)41)16-34-27(39)24-14-31(46-36-24)13-23(15-35-29-32-9-10-33-29)38(18-31)30(42)45-17-22-7-5-4-6-8-22/h4-8,11-12,23,25,37H,9-10,13-18H2,1-3H3,(H,34,39)(H,40,41)(H2,32,33,35)/t23?,25?,31-/m0/s1. The van der Waals surface area contributed by atoms with Gasteiger partial charge in [0.15, 0.2) is 11.6 Å². The first-order valence-corrected chi connectivity index (χ1v) is 16.7. The van der Waals surface area contributed by atoms with Crippen molar-refractivity contribution in [2.75, 3.05) is 32.7 Å². The molecule has 3 aliphatic rings. The lowest BCUT2D eigenvalue weighted by Gasteiger charge is -2.24. The second kappa shape index (κ2) is 14.0. The summed E-state index contributed by atoms with van der Waals surface area (Å²) in [6, 6.07) is 10.6. The molecule has 0 aromatic heterocycles. The van der Waals surface area contributed by atoms with Gasteiger partial charge in [-0.1, -0.05) is 53.2 Å². The van der Waals surface area contributed by atoms with Gasteiger partial charge in [0.1, 0.15) is 18.4 Å². The summed E-state index contributed by atoms with van der Waals surface area (Å²) in [5.41, 5.74) is 1.64. The van der Waals surface area contributed by atoms with Crippen LogP contribution in [0.2, 0.25) is 0 Å². The number of amides is 2. The van der Waals surface area contributed by atoms with E-state index in [1.54, 1.807) is 30.9 Å². The van der Waals surface area contributed by atoms with Crippen LogP contribution in [-0.2, 0) is 35.8 Å². The quantitative estimate of drug-likeness (QED) is 0.229. The van der Waals surface area contributed by atoms with Crippen molar-refractivity contribution in [2.45, 2.75) is 62.8 Å². The number of hydrogen-bond donors (Lipinski definition) is 5. The summed E-state index contributed by atoms with van der Waals surface area (Å²) in [6.07, 6.45) is -0.167. The summed E-state index contributed by atoms with van der Waals surface area (Å²) in [5.74, 6) is -1.54. The van der Waals surface area contributed by atoms with Crippen molar-refractivity contribution >= 4 is 39.7 Å². The molecule has 3 aliphatic heterocycles. The number of carbonyl (C=O) groups is 3. The van der Waals surface area contributed by atoms with E-state index in [0.717, 1.165) is 11.1 Å². The number of aliphatic carboxylic acids is 1. The van der Waals surface area contributed by atoms with E-state index >= 15 is 0 Å². The number of oxime groups is 1. The second-order valence-electron chi connectivity index (χ2n) is 12.0. The fourth-order valence-corrected chi connectivity index (χ4v) is 7.77. The van der Waals surface area contributed by atoms with Gasteiger partial charge >= 0.3 is 12.1 Å². The molecule has 47 heavy (non-hydrogen) atoms. The van der Waals surface area contributed by atoms with Crippen molar-refractivity contribution in [1.29, 1.82) is 0 Å². The number of ether oxygens (including phenoxy) is 1. The zero-order valence-electron chi connectivity index (χ0n) is 26.4. The van der Waals surface area contributed by atoms with Gasteiger partial charge in [0.2, 0.25) is 10.0 Å². The number of aryl methyl sites for hydroxylation is 3. The summed E-state index contributed by atoms with van der Waals surface area (Å²) < 4.78 is 34.1. The SMILES string of the molecule is Cc1cc(C)c(S(=O)(=O)NC(CNC(=O)C2=NO[C@]3(C2)CC(CNC2=NCCN2)N(C(=O)OCc2ccccc2)C3)C(=O)O)c(C)c1. The van der Waals surface area contributed by atoms with Crippen LogP contribution in [0.4, 0.5) is 4.79 Å². The molecule has 2 unspecified atom stereocenters. The molecule has 0 saturated carbocycles. The average molecular weight is 670 g/mol. The number of carboxylic acids is 1. The van der Waals surface area contributed by atoms with Crippen LogP contribution < -0.4 is 20.7 Å². The van der Waals surface area contributed by atoms with E-state index in [2.05, 4.69) is 30.8 Å². The monoisotopic (exact) mass is 669 g/mol. The summed E-state index contributed by atoms with van der Waals surface area (Å²) in [5, 5.41) is 22.6. The van der Waals surface area contributed by atoms with Crippen molar-refractivity contribution in [1.82, 2.24) is 25.6 Å². The van der Waals surface area contributed by atoms with Crippen molar-refractivity contribution in [3.63, 3.8) is 0 Å². The third kappa shape index (κ3) is 8.00. The molecular weight excluding hydrogens is 630 g/mol. The minimum absolute atomic E-state index is 0.00438. The highest BCUT2D eigenvalue weighted by Crippen LogP contribution is 2.38. The van der Waals surface area contributed by atoms with Crippen LogP contribution in [0.5, 0.6) is 0 Å². The molecule has 16 heteroatoms. The molecule has 0 bridgehead atoms. The van der Waals surface area contributed by atoms with E-state index in [1.165, 1.54) is 0 Å². The van der Waals surface area contributed by atoms with E-state index in [0.29, 0.717) is 43.1 Å². The van der Waals surface area contributed by atoms with Crippen molar-refractivity contribution in [2.24, 2.45) is 10.1 Å². The first-order chi connectivity index (χ1) is 22.4. The number of carbonyl (C=O) groups excluding carboxylic acids is 2. The maximum Gasteiger partial charge on any atom is 0.410 e. The molecule has 5 N–H and O–H groups in total. The Hall–Kier alpha value is -4.70. The Labute approximate surface area is 272 Å². The largest absolute Gasteiger partial charge is 0.480 e. The molecule has 15 nitrogen and oxygen atoms in total.